The molecule has 1 atom stereocenters. The second-order valence-corrected chi connectivity index (χ2v) is 7.33. The van der Waals surface area contributed by atoms with Gasteiger partial charge in [0.05, 0.1) is 12.2 Å². The largest absolute Gasteiger partial charge is 0.387 e. The molecular weight excluding hydrogens is 316 g/mol. The first kappa shape index (κ1) is 18.2. The van der Waals surface area contributed by atoms with Crippen molar-refractivity contribution in [1.82, 2.24) is 5.32 Å². The normalized spacial score (nSPS) is 24.6. The lowest BCUT2D eigenvalue weighted by atomic mass is 9.93. The summed E-state index contributed by atoms with van der Waals surface area (Å²) < 4.78 is 5.34. The smallest absolute Gasteiger partial charge is 0.251 e. The van der Waals surface area contributed by atoms with Gasteiger partial charge in [0, 0.05) is 37.5 Å². The standard InChI is InChI=1S/C20H30N2O3/c23-19(21-12-11-20(24)10-5-15-25-16-20)17-6-8-18(9-7-17)22-13-3-1-2-4-14-22/h6-9,24H,1-5,10-16H2,(H,21,23). The molecule has 2 fully saturated rings. The Morgan fingerprint density at radius 2 is 1.84 bits per heavy atom. The van der Waals surface area contributed by atoms with E-state index in [4.69, 9.17) is 4.74 Å². The summed E-state index contributed by atoms with van der Waals surface area (Å²) in [4.78, 5) is 14.7. The number of amides is 1. The lowest BCUT2D eigenvalue weighted by molar-refractivity contribution is -0.0887. The summed E-state index contributed by atoms with van der Waals surface area (Å²) in [6, 6.07) is 7.88. The molecule has 2 saturated heterocycles. The van der Waals surface area contributed by atoms with E-state index < -0.39 is 5.60 Å². The van der Waals surface area contributed by atoms with Gasteiger partial charge < -0.3 is 20.1 Å². The maximum atomic E-state index is 12.3. The fourth-order valence-electron chi connectivity index (χ4n) is 3.70. The van der Waals surface area contributed by atoms with Gasteiger partial charge in [0.25, 0.3) is 5.91 Å². The van der Waals surface area contributed by atoms with Crippen LogP contribution in [-0.2, 0) is 4.74 Å². The van der Waals surface area contributed by atoms with Crippen LogP contribution in [0.4, 0.5) is 5.69 Å². The molecule has 5 nitrogen and oxygen atoms in total. The van der Waals surface area contributed by atoms with Crippen molar-refractivity contribution in [2.75, 3.05) is 37.7 Å². The number of aliphatic hydroxyl groups is 1. The lowest BCUT2D eigenvalue weighted by Gasteiger charge is -2.31. The van der Waals surface area contributed by atoms with Crippen molar-refractivity contribution < 1.29 is 14.6 Å². The zero-order chi connectivity index (χ0) is 17.5. The molecule has 5 heteroatoms. The van der Waals surface area contributed by atoms with Gasteiger partial charge >= 0.3 is 0 Å². The van der Waals surface area contributed by atoms with Crippen LogP contribution in [-0.4, -0.2) is 49.5 Å². The number of hydrogen-bond acceptors (Lipinski definition) is 4. The number of hydrogen-bond donors (Lipinski definition) is 2. The molecule has 0 bridgehead atoms. The molecule has 1 aromatic rings. The molecular formula is C20H30N2O3. The highest BCUT2D eigenvalue weighted by Gasteiger charge is 2.29. The van der Waals surface area contributed by atoms with Gasteiger partial charge in [-0.25, -0.2) is 0 Å². The Morgan fingerprint density at radius 3 is 2.48 bits per heavy atom. The van der Waals surface area contributed by atoms with E-state index in [1.54, 1.807) is 0 Å². The molecule has 0 aromatic heterocycles. The predicted molar refractivity (Wildman–Crippen MR) is 99.1 cm³/mol. The van der Waals surface area contributed by atoms with E-state index in [2.05, 4.69) is 10.2 Å². The van der Waals surface area contributed by atoms with Crippen molar-refractivity contribution in [2.45, 2.75) is 50.5 Å². The van der Waals surface area contributed by atoms with Crippen molar-refractivity contribution in [2.24, 2.45) is 0 Å². The minimum absolute atomic E-state index is 0.0808. The number of anilines is 1. The first-order chi connectivity index (χ1) is 12.2. The van der Waals surface area contributed by atoms with Crippen LogP contribution in [0, 0.1) is 0 Å². The number of rotatable bonds is 5. The molecule has 1 unspecified atom stereocenters. The van der Waals surface area contributed by atoms with Crippen LogP contribution in [0.15, 0.2) is 24.3 Å². The van der Waals surface area contributed by atoms with Gasteiger partial charge in [-0.05, 0) is 56.4 Å². The molecule has 2 aliphatic heterocycles. The highest BCUT2D eigenvalue weighted by Crippen LogP contribution is 2.22. The third kappa shape index (κ3) is 5.19. The summed E-state index contributed by atoms with van der Waals surface area (Å²) in [5.74, 6) is -0.0808. The SMILES string of the molecule is O=C(NCCC1(O)CCCOC1)c1ccc(N2CCCCCC2)cc1. The Morgan fingerprint density at radius 1 is 1.12 bits per heavy atom. The van der Waals surface area contributed by atoms with E-state index in [0.717, 1.165) is 32.5 Å². The van der Waals surface area contributed by atoms with Gasteiger partial charge in [0.2, 0.25) is 0 Å². The topological polar surface area (TPSA) is 61.8 Å². The molecule has 0 radical (unpaired) electrons. The molecule has 2 aliphatic rings. The van der Waals surface area contributed by atoms with Crippen molar-refractivity contribution in [3.63, 3.8) is 0 Å². The number of ether oxygens (including phenoxy) is 1. The van der Waals surface area contributed by atoms with Crippen LogP contribution in [0.25, 0.3) is 0 Å². The molecule has 2 heterocycles. The zero-order valence-corrected chi connectivity index (χ0v) is 15.0. The second kappa shape index (κ2) is 8.68. The maximum Gasteiger partial charge on any atom is 0.251 e. The highest BCUT2D eigenvalue weighted by molar-refractivity contribution is 5.94. The van der Waals surface area contributed by atoms with E-state index in [1.165, 1.54) is 31.4 Å². The quantitative estimate of drug-likeness (QED) is 0.861. The molecule has 1 amide bonds. The summed E-state index contributed by atoms with van der Waals surface area (Å²) in [6.45, 7) is 3.76. The Balaban J connectivity index is 1.48. The summed E-state index contributed by atoms with van der Waals surface area (Å²) >= 11 is 0. The minimum atomic E-state index is -0.790. The first-order valence-corrected chi connectivity index (χ1v) is 9.60. The van der Waals surface area contributed by atoms with Crippen molar-refractivity contribution in [3.8, 4) is 0 Å². The van der Waals surface area contributed by atoms with Crippen LogP contribution >= 0.6 is 0 Å². The lowest BCUT2D eigenvalue weighted by Crippen LogP contribution is -2.41. The second-order valence-electron chi connectivity index (χ2n) is 7.33. The van der Waals surface area contributed by atoms with Gasteiger partial charge in [0.15, 0.2) is 0 Å². The van der Waals surface area contributed by atoms with E-state index in [9.17, 15) is 9.90 Å². The average Bonchev–Trinajstić information content (AvgIpc) is 2.92. The Hall–Kier alpha value is -1.59. The van der Waals surface area contributed by atoms with E-state index in [-0.39, 0.29) is 5.91 Å². The van der Waals surface area contributed by atoms with Gasteiger partial charge in [-0.3, -0.25) is 4.79 Å². The molecule has 0 aliphatic carbocycles. The van der Waals surface area contributed by atoms with Gasteiger partial charge in [-0.2, -0.15) is 0 Å². The minimum Gasteiger partial charge on any atom is -0.387 e. The average molecular weight is 346 g/mol. The summed E-state index contributed by atoms with van der Waals surface area (Å²) in [5.41, 5.74) is 1.08. The van der Waals surface area contributed by atoms with Crippen molar-refractivity contribution in [1.29, 1.82) is 0 Å². The van der Waals surface area contributed by atoms with Gasteiger partial charge in [0.1, 0.15) is 0 Å². The van der Waals surface area contributed by atoms with Gasteiger partial charge in [-0.1, -0.05) is 12.8 Å². The van der Waals surface area contributed by atoms with Crippen LogP contribution in [0.5, 0.6) is 0 Å². The summed E-state index contributed by atoms with van der Waals surface area (Å²) in [5, 5.41) is 13.3. The van der Waals surface area contributed by atoms with Crippen molar-refractivity contribution in [3.05, 3.63) is 29.8 Å². The number of benzene rings is 1. The van der Waals surface area contributed by atoms with Gasteiger partial charge in [-0.15, -0.1) is 0 Å². The Kier molecular flexibility index (Phi) is 6.32. The van der Waals surface area contributed by atoms with E-state index in [1.807, 2.05) is 24.3 Å². The fraction of sp³-hybridized carbons (Fsp3) is 0.650. The van der Waals surface area contributed by atoms with Crippen LogP contribution in [0.2, 0.25) is 0 Å². The summed E-state index contributed by atoms with van der Waals surface area (Å²) in [6.07, 6.45) is 7.27. The zero-order valence-electron chi connectivity index (χ0n) is 15.0. The molecule has 25 heavy (non-hydrogen) atoms. The Labute approximate surface area is 150 Å². The van der Waals surface area contributed by atoms with Crippen LogP contribution < -0.4 is 10.2 Å². The van der Waals surface area contributed by atoms with E-state index in [0.29, 0.717) is 25.1 Å². The Bertz CT molecular complexity index is 545. The number of carbonyl (C=O) groups is 1. The number of carbonyl (C=O) groups excluding carboxylic acids is 1. The van der Waals surface area contributed by atoms with Crippen molar-refractivity contribution >= 4 is 11.6 Å². The molecule has 2 N–H and O–H groups in total. The molecule has 138 valence electrons. The summed E-state index contributed by atoms with van der Waals surface area (Å²) in [7, 11) is 0. The van der Waals surface area contributed by atoms with E-state index >= 15 is 0 Å². The fourth-order valence-corrected chi connectivity index (χ4v) is 3.70. The van der Waals surface area contributed by atoms with Crippen LogP contribution in [0.1, 0.15) is 55.3 Å². The third-order valence-corrected chi connectivity index (χ3v) is 5.28. The maximum absolute atomic E-state index is 12.3. The predicted octanol–water partition coefficient (Wildman–Crippen LogP) is 2.73. The monoisotopic (exact) mass is 346 g/mol. The number of nitrogens with one attached hydrogen (secondary N) is 1. The molecule has 1 aromatic carbocycles. The van der Waals surface area contributed by atoms with Crippen LogP contribution in [0.3, 0.4) is 0 Å². The first-order valence-electron chi connectivity index (χ1n) is 9.60. The molecule has 3 rings (SSSR count). The highest BCUT2D eigenvalue weighted by atomic mass is 16.5. The molecule has 0 spiro atoms. The molecule has 0 saturated carbocycles. The third-order valence-electron chi connectivity index (χ3n) is 5.28. The number of nitrogens with zero attached hydrogens (tertiary/aromatic N) is 1.